The van der Waals surface area contributed by atoms with Gasteiger partial charge in [0.05, 0.1) is 10.7 Å². The summed E-state index contributed by atoms with van der Waals surface area (Å²) in [5, 5.41) is 6.41. The molecule has 2 rings (SSSR count). The third kappa shape index (κ3) is 2.36. The van der Waals surface area contributed by atoms with Crippen molar-refractivity contribution in [1.29, 1.82) is 0 Å². The van der Waals surface area contributed by atoms with Crippen molar-refractivity contribution >= 4 is 27.3 Å². The molecule has 2 atom stereocenters. The first kappa shape index (κ1) is 11.8. The molecule has 0 aliphatic heterocycles. The number of aromatic nitrogens is 2. The summed E-state index contributed by atoms with van der Waals surface area (Å²) >= 11 is 5.14. The van der Waals surface area contributed by atoms with E-state index < -0.39 is 0 Å². The van der Waals surface area contributed by atoms with E-state index in [4.69, 9.17) is 5.73 Å². The molecule has 0 aromatic carbocycles. The van der Waals surface area contributed by atoms with Crippen LogP contribution in [0.2, 0.25) is 0 Å². The first-order chi connectivity index (χ1) is 7.72. The maximum absolute atomic E-state index is 6.18. The van der Waals surface area contributed by atoms with Gasteiger partial charge in [0, 0.05) is 17.1 Å². The molecule has 0 spiro atoms. The van der Waals surface area contributed by atoms with Crippen molar-refractivity contribution in [2.75, 3.05) is 0 Å². The van der Waals surface area contributed by atoms with E-state index in [2.05, 4.69) is 39.4 Å². The standard InChI is InChI=1S/C11H14BrN3S/c1-2-9(13)11(10-4-3-5-16-10)15-7-8(12)6-14-15/h3-7,9,11H,2,13H2,1H3. The Morgan fingerprint density at radius 1 is 1.62 bits per heavy atom. The summed E-state index contributed by atoms with van der Waals surface area (Å²) in [4.78, 5) is 1.25. The van der Waals surface area contributed by atoms with Gasteiger partial charge in [0.25, 0.3) is 0 Å². The van der Waals surface area contributed by atoms with Crippen LogP contribution in [-0.4, -0.2) is 15.8 Å². The topological polar surface area (TPSA) is 43.8 Å². The molecule has 5 heteroatoms. The second-order valence-electron chi connectivity index (χ2n) is 3.67. The number of rotatable bonds is 4. The number of hydrogen-bond donors (Lipinski definition) is 1. The van der Waals surface area contributed by atoms with Crippen LogP contribution in [-0.2, 0) is 0 Å². The molecule has 0 aliphatic carbocycles. The van der Waals surface area contributed by atoms with Crippen molar-refractivity contribution in [3.8, 4) is 0 Å². The van der Waals surface area contributed by atoms with Crippen LogP contribution in [0.5, 0.6) is 0 Å². The van der Waals surface area contributed by atoms with Gasteiger partial charge < -0.3 is 5.73 Å². The molecular formula is C11H14BrN3S. The largest absolute Gasteiger partial charge is 0.326 e. The Morgan fingerprint density at radius 3 is 2.94 bits per heavy atom. The average molecular weight is 300 g/mol. The average Bonchev–Trinajstić information content (AvgIpc) is 2.91. The highest BCUT2D eigenvalue weighted by molar-refractivity contribution is 9.10. The molecule has 0 aliphatic rings. The Bertz CT molecular complexity index is 438. The van der Waals surface area contributed by atoms with Crippen LogP contribution < -0.4 is 5.73 Å². The Morgan fingerprint density at radius 2 is 2.44 bits per heavy atom. The Balaban J connectivity index is 2.35. The minimum atomic E-state index is 0.0884. The summed E-state index contributed by atoms with van der Waals surface area (Å²) < 4.78 is 2.92. The molecule has 0 amide bonds. The first-order valence-corrected chi connectivity index (χ1v) is 6.88. The van der Waals surface area contributed by atoms with Gasteiger partial charge in [-0.15, -0.1) is 11.3 Å². The highest BCUT2D eigenvalue weighted by atomic mass is 79.9. The van der Waals surface area contributed by atoms with E-state index in [1.165, 1.54) is 4.88 Å². The molecule has 16 heavy (non-hydrogen) atoms. The third-order valence-electron chi connectivity index (χ3n) is 2.57. The fourth-order valence-electron chi connectivity index (χ4n) is 1.69. The SMILES string of the molecule is CCC(N)C(c1cccs1)n1cc(Br)cn1. The highest BCUT2D eigenvalue weighted by Gasteiger charge is 2.22. The summed E-state index contributed by atoms with van der Waals surface area (Å²) in [7, 11) is 0. The van der Waals surface area contributed by atoms with E-state index >= 15 is 0 Å². The molecule has 2 unspecified atom stereocenters. The van der Waals surface area contributed by atoms with Crippen LogP contribution in [0.3, 0.4) is 0 Å². The lowest BCUT2D eigenvalue weighted by Gasteiger charge is -2.22. The van der Waals surface area contributed by atoms with Crippen molar-refractivity contribution in [2.24, 2.45) is 5.73 Å². The fourth-order valence-corrected chi connectivity index (χ4v) is 2.88. The molecule has 2 N–H and O–H groups in total. The molecule has 3 nitrogen and oxygen atoms in total. The number of nitrogens with zero attached hydrogens (tertiary/aromatic N) is 2. The molecule has 0 fully saturated rings. The smallest absolute Gasteiger partial charge is 0.101 e. The van der Waals surface area contributed by atoms with Crippen LogP contribution in [0.4, 0.5) is 0 Å². The summed E-state index contributed by atoms with van der Waals surface area (Å²) in [6.07, 6.45) is 4.70. The summed E-state index contributed by atoms with van der Waals surface area (Å²) in [6.45, 7) is 2.10. The Labute approximate surface area is 107 Å². The predicted octanol–water partition coefficient (Wildman–Crippen LogP) is 3.03. The van der Waals surface area contributed by atoms with E-state index in [0.29, 0.717) is 0 Å². The van der Waals surface area contributed by atoms with E-state index in [-0.39, 0.29) is 12.1 Å². The molecule has 2 heterocycles. The van der Waals surface area contributed by atoms with Crippen molar-refractivity contribution in [3.05, 3.63) is 39.3 Å². The normalized spacial score (nSPS) is 14.9. The van der Waals surface area contributed by atoms with E-state index in [1.54, 1.807) is 17.5 Å². The molecule has 0 saturated carbocycles. The summed E-state index contributed by atoms with van der Waals surface area (Å²) in [5.41, 5.74) is 6.18. The molecule has 0 radical (unpaired) electrons. The van der Waals surface area contributed by atoms with Gasteiger partial charge in [0.15, 0.2) is 0 Å². The third-order valence-corrected chi connectivity index (χ3v) is 3.92. The summed E-state index contributed by atoms with van der Waals surface area (Å²) in [5.74, 6) is 0. The van der Waals surface area contributed by atoms with Crippen LogP contribution in [0.1, 0.15) is 24.3 Å². The van der Waals surface area contributed by atoms with Gasteiger partial charge in [-0.05, 0) is 33.8 Å². The zero-order valence-electron chi connectivity index (χ0n) is 9.01. The van der Waals surface area contributed by atoms with E-state index in [1.807, 2.05) is 16.9 Å². The summed E-state index contributed by atoms with van der Waals surface area (Å²) in [6, 6.07) is 4.38. The number of hydrogen-bond acceptors (Lipinski definition) is 3. The minimum absolute atomic E-state index is 0.0884. The van der Waals surface area contributed by atoms with Crippen LogP contribution in [0.25, 0.3) is 0 Å². The van der Waals surface area contributed by atoms with Crippen LogP contribution >= 0.6 is 27.3 Å². The molecular weight excluding hydrogens is 286 g/mol. The fraction of sp³-hybridized carbons (Fsp3) is 0.364. The van der Waals surface area contributed by atoms with Crippen molar-refractivity contribution in [3.63, 3.8) is 0 Å². The second kappa shape index (κ2) is 5.12. The van der Waals surface area contributed by atoms with Gasteiger partial charge in [0.1, 0.15) is 6.04 Å². The molecule has 2 aromatic heterocycles. The van der Waals surface area contributed by atoms with Gasteiger partial charge in [-0.3, -0.25) is 4.68 Å². The van der Waals surface area contributed by atoms with Crippen molar-refractivity contribution in [1.82, 2.24) is 9.78 Å². The Hall–Kier alpha value is -0.650. The highest BCUT2D eigenvalue weighted by Crippen LogP contribution is 2.27. The van der Waals surface area contributed by atoms with Gasteiger partial charge >= 0.3 is 0 Å². The van der Waals surface area contributed by atoms with Gasteiger partial charge in [0.2, 0.25) is 0 Å². The lowest BCUT2D eigenvalue weighted by atomic mass is 10.1. The predicted molar refractivity (Wildman–Crippen MR) is 70.7 cm³/mol. The zero-order chi connectivity index (χ0) is 11.5. The van der Waals surface area contributed by atoms with E-state index in [9.17, 15) is 0 Å². The second-order valence-corrected chi connectivity index (χ2v) is 5.57. The van der Waals surface area contributed by atoms with Crippen molar-refractivity contribution in [2.45, 2.75) is 25.4 Å². The monoisotopic (exact) mass is 299 g/mol. The quantitative estimate of drug-likeness (QED) is 0.943. The lowest BCUT2D eigenvalue weighted by Crippen LogP contribution is -2.32. The molecule has 2 aromatic rings. The lowest BCUT2D eigenvalue weighted by molar-refractivity contribution is 0.429. The van der Waals surface area contributed by atoms with E-state index in [0.717, 1.165) is 10.9 Å². The first-order valence-electron chi connectivity index (χ1n) is 5.21. The molecule has 86 valence electrons. The minimum Gasteiger partial charge on any atom is -0.326 e. The van der Waals surface area contributed by atoms with Gasteiger partial charge in [-0.25, -0.2) is 0 Å². The number of thiophene rings is 1. The molecule has 0 bridgehead atoms. The Kier molecular flexibility index (Phi) is 3.78. The maximum Gasteiger partial charge on any atom is 0.101 e. The molecule has 0 saturated heterocycles. The number of halogens is 1. The van der Waals surface area contributed by atoms with Crippen molar-refractivity contribution < 1.29 is 0 Å². The van der Waals surface area contributed by atoms with Gasteiger partial charge in [-0.1, -0.05) is 13.0 Å². The van der Waals surface area contributed by atoms with Crippen LogP contribution in [0, 0.1) is 0 Å². The zero-order valence-corrected chi connectivity index (χ0v) is 11.4. The van der Waals surface area contributed by atoms with Crippen LogP contribution in [0.15, 0.2) is 34.4 Å². The maximum atomic E-state index is 6.18. The number of nitrogens with two attached hydrogens (primary N) is 1. The van der Waals surface area contributed by atoms with Gasteiger partial charge in [-0.2, -0.15) is 5.10 Å².